The van der Waals surface area contributed by atoms with E-state index in [4.69, 9.17) is 9.47 Å². The molecule has 2 rings (SSSR count). The van der Waals surface area contributed by atoms with Crippen molar-refractivity contribution in [2.75, 3.05) is 32.9 Å². The van der Waals surface area contributed by atoms with E-state index in [1.165, 1.54) is 11.1 Å². The Morgan fingerprint density at radius 2 is 2.25 bits per heavy atom. The number of aryl methyl sites for hydroxylation is 1. The number of nitrogens with one attached hydrogen (secondary N) is 2. The van der Waals surface area contributed by atoms with Crippen molar-refractivity contribution in [3.8, 4) is 0 Å². The minimum absolute atomic E-state index is 0. The van der Waals surface area contributed by atoms with Gasteiger partial charge in [-0.1, -0.05) is 29.8 Å². The van der Waals surface area contributed by atoms with Gasteiger partial charge in [0, 0.05) is 19.7 Å². The fraction of sp³-hybridized carbons (Fsp3) is 0.611. The average molecular weight is 447 g/mol. The molecule has 1 aliphatic heterocycles. The Kier molecular flexibility index (Phi) is 11.0. The lowest BCUT2D eigenvalue weighted by Gasteiger charge is -2.13. The van der Waals surface area contributed by atoms with Crippen LogP contribution in [0.3, 0.4) is 0 Å². The third-order valence-electron chi connectivity index (χ3n) is 3.71. The number of nitrogens with zero attached hydrogens (tertiary/aromatic N) is 1. The molecule has 0 spiro atoms. The maximum Gasteiger partial charge on any atom is 0.191 e. The largest absolute Gasteiger partial charge is 0.377 e. The van der Waals surface area contributed by atoms with Gasteiger partial charge < -0.3 is 20.1 Å². The van der Waals surface area contributed by atoms with Crippen molar-refractivity contribution in [2.24, 2.45) is 4.99 Å². The van der Waals surface area contributed by atoms with Gasteiger partial charge in [-0.05, 0) is 32.3 Å². The van der Waals surface area contributed by atoms with Crippen LogP contribution in [0.4, 0.5) is 0 Å². The lowest BCUT2D eigenvalue weighted by atomic mass is 10.1. The standard InChI is InChI=1S/C18H29N3O2.HI/c1-3-19-18(21-13-16-7-4-6-15(2)12-16)20-9-11-22-14-17-8-5-10-23-17;/h4,6-7,12,17H,3,5,8-11,13-14H2,1-2H3,(H2,19,20,21);1H. The smallest absolute Gasteiger partial charge is 0.191 e. The van der Waals surface area contributed by atoms with E-state index in [1.807, 2.05) is 0 Å². The third kappa shape index (κ3) is 8.30. The van der Waals surface area contributed by atoms with Crippen LogP contribution in [0.5, 0.6) is 0 Å². The number of ether oxygens (including phenoxy) is 2. The molecule has 1 fully saturated rings. The maximum absolute atomic E-state index is 5.65. The molecule has 6 heteroatoms. The molecule has 1 aromatic rings. The molecular weight excluding hydrogens is 417 g/mol. The summed E-state index contributed by atoms with van der Waals surface area (Å²) in [6.07, 6.45) is 2.56. The minimum atomic E-state index is 0. The van der Waals surface area contributed by atoms with Gasteiger partial charge in [0.1, 0.15) is 0 Å². The van der Waals surface area contributed by atoms with Gasteiger partial charge in [0.2, 0.25) is 0 Å². The van der Waals surface area contributed by atoms with E-state index in [-0.39, 0.29) is 24.0 Å². The summed E-state index contributed by atoms with van der Waals surface area (Å²) in [6.45, 7) is 8.66. The highest BCUT2D eigenvalue weighted by Crippen LogP contribution is 2.11. The van der Waals surface area contributed by atoms with Crippen LogP contribution in [-0.2, 0) is 16.0 Å². The van der Waals surface area contributed by atoms with Gasteiger partial charge in [-0.2, -0.15) is 0 Å². The Hall–Kier alpha value is -0.860. The van der Waals surface area contributed by atoms with E-state index < -0.39 is 0 Å². The first-order valence-electron chi connectivity index (χ1n) is 8.55. The molecule has 1 saturated heterocycles. The molecule has 1 aromatic carbocycles. The molecule has 5 nitrogen and oxygen atoms in total. The van der Waals surface area contributed by atoms with Crippen molar-refractivity contribution in [1.29, 1.82) is 0 Å². The Bertz CT molecular complexity index is 491. The fourth-order valence-electron chi connectivity index (χ4n) is 2.55. The van der Waals surface area contributed by atoms with Crippen LogP contribution in [0.1, 0.15) is 30.9 Å². The molecule has 0 bridgehead atoms. The van der Waals surface area contributed by atoms with Gasteiger partial charge >= 0.3 is 0 Å². The zero-order chi connectivity index (χ0) is 16.3. The van der Waals surface area contributed by atoms with Gasteiger partial charge in [-0.25, -0.2) is 4.99 Å². The van der Waals surface area contributed by atoms with Crippen LogP contribution in [0.15, 0.2) is 29.3 Å². The van der Waals surface area contributed by atoms with Gasteiger partial charge in [-0.3, -0.25) is 0 Å². The number of benzene rings is 1. The van der Waals surface area contributed by atoms with Crippen LogP contribution >= 0.6 is 24.0 Å². The predicted molar refractivity (Wildman–Crippen MR) is 109 cm³/mol. The summed E-state index contributed by atoms with van der Waals surface area (Å²) < 4.78 is 11.2. The highest BCUT2D eigenvalue weighted by molar-refractivity contribution is 14.0. The molecule has 2 N–H and O–H groups in total. The first-order chi connectivity index (χ1) is 11.3. The summed E-state index contributed by atoms with van der Waals surface area (Å²) in [5, 5.41) is 6.56. The van der Waals surface area contributed by atoms with Gasteiger partial charge in [0.25, 0.3) is 0 Å². The lowest BCUT2D eigenvalue weighted by Crippen LogP contribution is -2.39. The highest BCUT2D eigenvalue weighted by Gasteiger charge is 2.14. The third-order valence-corrected chi connectivity index (χ3v) is 3.71. The number of guanidine groups is 1. The van der Waals surface area contributed by atoms with E-state index in [0.717, 1.165) is 38.5 Å². The van der Waals surface area contributed by atoms with Gasteiger partial charge in [0.15, 0.2) is 5.96 Å². The fourth-order valence-corrected chi connectivity index (χ4v) is 2.55. The highest BCUT2D eigenvalue weighted by atomic mass is 127. The van der Waals surface area contributed by atoms with E-state index in [0.29, 0.717) is 25.9 Å². The number of aliphatic imine (C=N–C) groups is 1. The molecule has 0 amide bonds. The van der Waals surface area contributed by atoms with E-state index in [9.17, 15) is 0 Å². The van der Waals surface area contributed by atoms with Crippen molar-refractivity contribution in [1.82, 2.24) is 10.6 Å². The number of hydrogen-bond acceptors (Lipinski definition) is 3. The zero-order valence-corrected chi connectivity index (χ0v) is 17.0. The van der Waals surface area contributed by atoms with Crippen LogP contribution in [0.25, 0.3) is 0 Å². The Balaban J connectivity index is 0.00000288. The quantitative estimate of drug-likeness (QED) is 0.279. The molecule has 1 aliphatic rings. The topological polar surface area (TPSA) is 54.9 Å². The molecule has 0 saturated carbocycles. The molecule has 0 radical (unpaired) electrons. The van der Waals surface area contributed by atoms with Gasteiger partial charge in [0.05, 0.1) is 25.9 Å². The SMILES string of the molecule is CCNC(=NCc1cccc(C)c1)NCCOCC1CCCO1.I. The predicted octanol–water partition coefficient (Wildman–Crippen LogP) is 2.86. The second-order valence-electron chi connectivity index (χ2n) is 5.82. The van der Waals surface area contributed by atoms with Crippen LogP contribution in [-0.4, -0.2) is 45.0 Å². The molecule has 1 atom stereocenters. The summed E-state index contributed by atoms with van der Waals surface area (Å²) in [5.74, 6) is 0.828. The first-order valence-corrected chi connectivity index (χ1v) is 8.55. The van der Waals surface area contributed by atoms with Crippen molar-refractivity contribution in [2.45, 2.75) is 39.3 Å². The lowest BCUT2D eigenvalue weighted by molar-refractivity contribution is 0.0191. The van der Waals surface area contributed by atoms with E-state index >= 15 is 0 Å². The van der Waals surface area contributed by atoms with Crippen molar-refractivity contribution in [3.05, 3.63) is 35.4 Å². The number of hydrogen-bond donors (Lipinski definition) is 2. The molecule has 1 heterocycles. The summed E-state index contributed by atoms with van der Waals surface area (Å²) in [5.41, 5.74) is 2.48. The molecular formula is C18H30IN3O2. The second kappa shape index (κ2) is 12.5. The number of halogens is 1. The molecule has 24 heavy (non-hydrogen) atoms. The molecule has 136 valence electrons. The Labute approximate surface area is 162 Å². The maximum atomic E-state index is 5.65. The van der Waals surface area contributed by atoms with Gasteiger partial charge in [-0.15, -0.1) is 24.0 Å². The van der Waals surface area contributed by atoms with Crippen molar-refractivity contribution >= 4 is 29.9 Å². The van der Waals surface area contributed by atoms with Crippen molar-refractivity contribution < 1.29 is 9.47 Å². The molecule has 1 unspecified atom stereocenters. The summed E-state index contributed by atoms with van der Waals surface area (Å²) >= 11 is 0. The summed E-state index contributed by atoms with van der Waals surface area (Å²) in [4.78, 5) is 4.61. The zero-order valence-electron chi connectivity index (χ0n) is 14.7. The van der Waals surface area contributed by atoms with E-state index in [2.05, 4.69) is 53.7 Å². The average Bonchev–Trinajstić information content (AvgIpc) is 3.05. The Morgan fingerprint density at radius 1 is 1.38 bits per heavy atom. The minimum Gasteiger partial charge on any atom is -0.377 e. The molecule has 0 aliphatic carbocycles. The normalized spacial score (nSPS) is 17.4. The monoisotopic (exact) mass is 447 g/mol. The summed E-state index contributed by atoms with van der Waals surface area (Å²) in [6, 6.07) is 8.43. The summed E-state index contributed by atoms with van der Waals surface area (Å²) in [7, 11) is 0. The first kappa shape index (κ1) is 21.2. The van der Waals surface area contributed by atoms with Crippen LogP contribution < -0.4 is 10.6 Å². The van der Waals surface area contributed by atoms with Crippen LogP contribution in [0, 0.1) is 6.92 Å². The molecule has 0 aromatic heterocycles. The van der Waals surface area contributed by atoms with Crippen LogP contribution in [0.2, 0.25) is 0 Å². The second-order valence-corrected chi connectivity index (χ2v) is 5.82. The van der Waals surface area contributed by atoms with Crippen molar-refractivity contribution in [3.63, 3.8) is 0 Å². The van der Waals surface area contributed by atoms with E-state index in [1.54, 1.807) is 0 Å². The Morgan fingerprint density at radius 3 is 2.96 bits per heavy atom. The number of rotatable bonds is 8.